The maximum Gasteiger partial charge on any atom is 0.350 e. The van der Waals surface area contributed by atoms with Crippen LogP contribution in [0.3, 0.4) is 0 Å². The lowest BCUT2D eigenvalue weighted by molar-refractivity contribution is 0.0696. The van der Waals surface area contributed by atoms with Gasteiger partial charge in [-0.15, -0.1) is 0 Å². The summed E-state index contributed by atoms with van der Waals surface area (Å²) in [4.78, 5) is 33.4. The van der Waals surface area contributed by atoms with Gasteiger partial charge in [0.25, 0.3) is 5.91 Å². The summed E-state index contributed by atoms with van der Waals surface area (Å²) < 4.78 is 8.64. The molecule has 0 spiro atoms. The molecule has 0 bridgehead atoms. The molecule has 1 fully saturated rings. The largest absolute Gasteiger partial charge is 0.488 e. The van der Waals surface area contributed by atoms with E-state index in [2.05, 4.69) is 17.0 Å². The van der Waals surface area contributed by atoms with Gasteiger partial charge in [-0.25, -0.2) is 14.5 Å². The number of ether oxygens (including phenoxy) is 1. The van der Waals surface area contributed by atoms with Gasteiger partial charge >= 0.3 is 5.69 Å². The highest BCUT2D eigenvalue weighted by atomic mass is 16.5. The highest BCUT2D eigenvalue weighted by Crippen LogP contribution is 2.35. The van der Waals surface area contributed by atoms with E-state index in [4.69, 9.17) is 4.74 Å². The van der Waals surface area contributed by atoms with E-state index in [1.165, 1.54) is 9.08 Å². The summed E-state index contributed by atoms with van der Waals surface area (Å²) in [7, 11) is 1.63. The second kappa shape index (κ2) is 7.16. The second-order valence-corrected chi connectivity index (χ2v) is 8.04. The number of hydrogen-bond acceptors (Lipinski definition) is 6. The average molecular weight is 408 g/mol. The number of carbonyl (C=O) groups is 1. The summed E-state index contributed by atoms with van der Waals surface area (Å²) in [5, 5.41) is 4.26. The highest BCUT2D eigenvalue weighted by molar-refractivity contribution is 5.95. The smallest absolute Gasteiger partial charge is 0.350 e. The molecule has 0 unspecified atom stereocenters. The Morgan fingerprint density at radius 1 is 1.20 bits per heavy atom. The number of anilines is 2. The molecule has 2 aliphatic rings. The van der Waals surface area contributed by atoms with Crippen LogP contribution in [0.5, 0.6) is 5.75 Å². The monoisotopic (exact) mass is 408 g/mol. The zero-order chi connectivity index (χ0) is 20.8. The molecule has 0 atom stereocenters. The zero-order valence-electron chi connectivity index (χ0n) is 17.1. The Bertz CT molecular complexity index is 1180. The maximum atomic E-state index is 12.9. The molecule has 1 amide bonds. The predicted octanol–water partition coefficient (Wildman–Crippen LogP) is 1.83. The number of nitrogens with zero attached hydrogens (tertiary/aromatic N) is 6. The van der Waals surface area contributed by atoms with Crippen LogP contribution in [-0.2, 0) is 7.05 Å². The van der Waals surface area contributed by atoms with Crippen molar-refractivity contribution >= 4 is 23.1 Å². The highest BCUT2D eigenvalue weighted by Gasteiger charge is 2.26. The second-order valence-electron chi connectivity index (χ2n) is 8.04. The Kier molecular flexibility index (Phi) is 4.45. The summed E-state index contributed by atoms with van der Waals surface area (Å²) in [6, 6.07) is 5.51. The summed E-state index contributed by atoms with van der Waals surface area (Å²) >= 11 is 0. The lowest BCUT2D eigenvalue weighted by Gasteiger charge is -2.32. The molecule has 3 aromatic rings. The SMILES string of the molecule is CC1CCN(C(=O)c2cnc3c(c2)OCCN3c2ccn3c(=O)n(C)nc3c2)CC1. The quantitative estimate of drug-likeness (QED) is 0.643. The van der Waals surface area contributed by atoms with Crippen molar-refractivity contribution in [3.8, 4) is 5.75 Å². The molecule has 1 saturated heterocycles. The molecule has 0 radical (unpaired) electrons. The van der Waals surface area contributed by atoms with Crippen LogP contribution in [0.1, 0.15) is 30.1 Å². The van der Waals surface area contributed by atoms with Crippen molar-refractivity contribution in [1.29, 1.82) is 0 Å². The van der Waals surface area contributed by atoms with E-state index < -0.39 is 0 Å². The van der Waals surface area contributed by atoms with Gasteiger partial charge in [-0.3, -0.25) is 9.20 Å². The first-order chi connectivity index (χ1) is 14.5. The molecule has 0 aliphatic carbocycles. The number of carbonyl (C=O) groups excluding carboxylic acids is 1. The van der Waals surface area contributed by atoms with Gasteiger partial charge in [-0.05, 0) is 30.9 Å². The minimum atomic E-state index is -0.188. The van der Waals surface area contributed by atoms with Gasteiger partial charge in [-0.1, -0.05) is 6.92 Å². The van der Waals surface area contributed by atoms with E-state index in [0.717, 1.165) is 31.6 Å². The molecule has 2 aliphatic heterocycles. The Labute approximate surface area is 173 Å². The molecule has 0 aromatic carbocycles. The van der Waals surface area contributed by atoms with Crippen molar-refractivity contribution in [3.63, 3.8) is 0 Å². The van der Waals surface area contributed by atoms with Crippen molar-refractivity contribution < 1.29 is 9.53 Å². The van der Waals surface area contributed by atoms with Gasteiger partial charge in [0, 0.05) is 44.3 Å². The number of hydrogen-bond donors (Lipinski definition) is 0. The average Bonchev–Trinajstić information content (AvgIpc) is 3.06. The number of aryl methyl sites for hydroxylation is 1. The topological polar surface area (TPSA) is 85.0 Å². The number of aromatic nitrogens is 4. The fourth-order valence-electron chi connectivity index (χ4n) is 4.10. The van der Waals surface area contributed by atoms with Crippen LogP contribution in [0, 0.1) is 5.92 Å². The molecular weight excluding hydrogens is 384 g/mol. The number of amides is 1. The molecule has 5 rings (SSSR count). The molecule has 3 aromatic heterocycles. The van der Waals surface area contributed by atoms with Crippen LogP contribution >= 0.6 is 0 Å². The molecule has 0 saturated carbocycles. The fraction of sp³-hybridized carbons (Fsp3) is 0.429. The molecule has 5 heterocycles. The number of pyridine rings is 2. The zero-order valence-corrected chi connectivity index (χ0v) is 17.1. The normalized spacial score (nSPS) is 17.1. The van der Waals surface area contributed by atoms with E-state index in [1.54, 1.807) is 25.5 Å². The molecule has 30 heavy (non-hydrogen) atoms. The number of piperidine rings is 1. The van der Waals surface area contributed by atoms with E-state index in [1.807, 2.05) is 21.9 Å². The van der Waals surface area contributed by atoms with Crippen molar-refractivity contribution in [2.45, 2.75) is 19.8 Å². The van der Waals surface area contributed by atoms with Gasteiger partial charge in [0.2, 0.25) is 0 Å². The first-order valence-electron chi connectivity index (χ1n) is 10.3. The summed E-state index contributed by atoms with van der Waals surface area (Å²) in [6.45, 7) is 4.89. The maximum absolute atomic E-state index is 12.9. The van der Waals surface area contributed by atoms with Crippen LogP contribution in [0.15, 0.2) is 35.4 Å². The van der Waals surface area contributed by atoms with E-state index in [-0.39, 0.29) is 11.6 Å². The van der Waals surface area contributed by atoms with Crippen LogP contribution in [0.2, 0.25) is 0 Å². The van der Waals surface area contributed by atoms with Crippen molar-refractivity contribution in [3.05, 3.63) is 46.6 Å². The molecule has 0 N–H and O–H groups in total. The van der Waals surface area contributed by atoms with Gasteiger partial charge in [0.05, 0.1) is 12.1 Å². The molecular formula is C21H24N6O3. The fourth-order valence-corrected chi connectivity index (χ4v) is 4.10. The van der Waals surface area contributed by atoms with Crippen LogP contribution in [0.25, 0.3) is 5.65 Å². The Morgan fingerprint density at radius 2 is 2.00 bits per heavy atom. The third-order valence-corrected chi connectivity index (χ3v) is 5.94. The van der Waals surface area contributed by atoms with Crippen LogP contribution in [0.4, 0.5) is 11.5 Å². The first kappa shape index (κ1) is 18.7. The number of rotatable bonds is 2. The predicted molar refractivity (Wildman–Crippen MR) is 111 cm³/mol. The Hall–Kier alpha value is -3.36. The van der Waals surface area contributed by atoms with Gasteiger partial charge in [0.1, 0.15) is 6.61 Å². The Morgan fingerprint density at radius 3 is 2.80 bits per heavy atom. The van der Waals surface area contributed by atoms with E-state index in [0.29, 0.717) is 41.8 Å². The summed E-state index contributed by atoms with van der Waals surface area (Å²) in [6.07, 6.45) is 5.41. The third kappa shape index (κ3) is 3.10. The minimum absolute atomic E-state index is 0.00667. The van der Waals surface area contributed by atoms with Gasteiger partial charge < -0.3 is 14.5 Å². The van der Waals surface area contributed by atoms with Gasteiger partial charge in [-0.2, -0.15) is 5.10 Å². The Balaban J connectivity index is 1.45. The lowest BCUT2D eigenvalue weighted by atomic mass is 9.99. The summed E-state index contributed by atoms with van der Waals surface area (Å²) in [5.74, 6) is 1.93. The van der Waals surface area contributed by atoms with E-state index >= 15 is 0 Å². The molecule has 156 valence electrons. The molecule has 9 nitrogen and oxygen atoms in total. The lowest BCUT2D eigenvalue weighted by Crippen LogP contribution is -2.38. The number of fused-ring (bicyclic) bond motifs is 2. The van der Waals surface area contributed by atoms with Crippen molar-refractivity contribution in [2.75, 3.05) is 31.1 Å². The summed E-state index contributed by atoms with van der Waals surface area (Å²) in [5.41, 5.74) is 1.80. The minimum Gasteiger partial charge on any atom is -0.488 e. The first-order valence-corrected chi connectivity index (χ1v) is 10.3. The number of likely N-dealkylation sites (tertiary alicyclic amines) is 1. The van der Waals surface area contributed by atoms with Crippen molar-refractivity contribution in [2.24, 2.45) is 13.0 Å². The van der Waals surface area contributed by atoms with E-state index in [9.17, 15) is 9.59 Å². The molecule has 9 heteroatoms. The standard InChI is InChI=1S/C21H24N6O3/c1-14-3-6-25(7-4-14)20(28)15-11-17-19(22-13-15)26(9-10-30-17)16-5-8-27-18(12-16)23-24(2)21(27)29/h5,8,11-14H,3-4,6-7,9-10H2,1-2H3. The van der Waals surface area contributed by atoms with Crippen LogP contribution in [-0.4, -0.2) is 56.2 Å². The van der Waals surface area contributed by atoms with Gasteiger partial charge in [0.15, 0.2) is 17.2 Å². The van der Waals surface area contributed by atoms with Crippen LogP contribution < -0.4 is 15.3 Å². The third-order valence-electron chi connectivity index (χ3n) is 5.94. The van der Waals surface area contributed by atoms with Crippen molar-refractivity contribution in [1.82, 2.24) is 24.1 Å².